The standard InChI is InChI=1S/C11H10O3/c1-8(12)6-7-9-4-2-3-5-10(9)11(13)14/h2-5,8,12H,1H3,(H,13,14)/t8-/m1/s1. The minimum Gasteiger partial charge on any atom is -0.478 e. The molecule has 0 amide bonds. The molecule has 2 N–H and O–H groups in total. The highest BCUT2D eigenvalue weighted by molar-refractivity contribution is 5.90. The van der Waals surface area contributed by atoms with Gasteiger partial charge in [0.15, 0.2) is 0 Å². The first-order chi connectivity index (χ1) is 6.61. The van der Waals surface area contributed by atoms with Crippen LogP contribution in [0.4, 0.5) is 0 Å². The first-order valence-corrected chi connectivity index (χ1v) is 4.13. The summed E-state index contributed by atoms with van der Waals surface area (Å²) in [4.78, 5) is 10.7. The molecule has 0 saturated heterocycles. The maximum absolute atomic E-state index is 10.7. The van der Waals surface area contributed by atoms with Crippen molar-refractivity contribution in [1.82, 2.24) is 0 Å². The number of carboxylic acids is 1. The largest absolute Gasteiger partial charge is 0.478 e. The Kier molecular flexibility index (Phi) is 3.27. The molecule has 1 aromatic carbocycles. The van der Waals surface area contributed by atoms with Crippen molar-refractivity contribution < 1.29 is 15.0 Å². The SMILES string of the molecule is C[C@@H](O)C#Cc1ccccc1C(=O)O. The monoisotopic (exact) mass is 190 g/mol. The van der Waals surface area contributed by atoms with Gasteiger partial charge in [-0.3, -0.25) is 0 Å². The zero-order valence-electron chi connectivity index (χ0n) is 7.69. The van der Waals surface area contributed by atoms with Crippen LogP contribution in [0.15, 0.2) is 24.3 Å². The van der Waals surface area contributed by atoms with Crippen molar-refractivity contribution in [3.8, 4) is 11.8 Å². The highest BCUT2D eigenvalue weighted by Crippen LogP contribution is 2.06. The molecule has 0 spiro atoms. The van der Waals surface area contributed by atoms with E-state index < -0.39 is 12.1 Å². The number of hydrogen-bond donors (Lipinski definition) is 2. The topological polar surface area (TPSA) is 57.5 Å². The molecule has 14 heavy (non-hydrogen) atoms. The number of carbonyl (C=O) groups is 1. The fourth-order valence-corrected chi connectivity index (χ4v) is 0.961. The van der Waals surface area contributed by atoms with E-state index in [-0.39, 0.29) is 5.56 Å². The molecule has 0 radical (unpaired) electrons. The lowest BCUT2D eigenvalue weighted by Crippen LogP contribution is -2.00. The molecule has 0 aliphatic heterocycles. The highest BCUT2D eigenvalue weighted by Gasteiger charge is 2.05. The molecule has 1 aromatic rings. The van der Waals surface area contributed by atoms with Gasteiger partial charge >= 0.3 is 5.97 Å². The third kappa shape index (κ3) is 2.61. The molecule has 0 saturated carbocycles. The van der Waals surface area contributed by atoms with Gasteiger partial charge < -0.3 is 10.2 Å². The normalized spacial score (nSPS) is 11.3. The lowest BCUT2D eigenvalue weighted by molar-refractivity contribution is 0.0696. The van der Waals surface area contributed by atoms with Gasteiger partial charge in [-0.25, -0.2) is 4.79 Å². The summed E-state index contributed by atoms with van der Waals surface area (Å²) in [5.74, 6) is 4.10. The summed E-state index contributed by atoms with van der Waals surface area (Å²) in [6.07, 6.45) is -0.753. The Labute approximate surface area is 82.0 Å². The van der Waals surface area contributed by atoms with Crippen LogP contribution in [0.3, 0.4) is 0 Å². The Balaban J connectivity index is 3.10. The van der Waals surface area contributed by atoms with Crippen molar-refractivity contribution in [3.63, 3.8) is 0 Å². The van der Waals surface area contributed by atoms with Gasteiger partial charge in [0.1, 0.15) is 6.10 Å². The summed E-state index contributed by atoms with van der Waals surface area (Å²) in [5, 5.41) is 17.7. The van der Waals surface area contributed by atoms with E-state index in [9.17, 15) is 4.79 Å². The Morgan fingerprint density at radius 3 is 2.64 bits per heavy atom. The van der Waals surface area contributed by atoms with Gasteiger partial charge in [-0.1, -0.05) is 24.0 Å². The van der Waals surface area contributed by atoms with E-state index in [1.54, 1.807) is 18.2 Å². The molecule has 0 aliphatic rings. The quantitative estimate of drug-likeness (QED) is 0.652. The van der Waals surface area contributed by atoms with Crippen molar-refractivity contribution >= 4 is 5.97 Å². The number of carboxylic acid groups (broad SMARTS) is 1. The predicted molar refractivity (Wildman–Crippen MR) is 52.0 cm³/mol. The van der Waals surface area contributed by atoms with E-state index in [0.717, 1.165) is 0 Å². The molecule has 0 heterocycles. The third-order valence-electron chi connectivity index (χ3n) is 1.57. The van der Waals surface area contributed by atoms with Crippen LogP contribution < -0.4 is 0 Å². The Morgan fingerprint density at radius 1 is 1.43 bits per heavy atom. The zero-order chi connectivity index (χ0) is 10.6. The molecule has 3 heteroatoms. The second-order valence-electron chi connectivity index (χ2n) is 2.80. The fraction of sp³-hybridized carbons (Fsp3) is 0.182. The predicted octanol–water partition coefficient (Wildman–Crippen LogP) is 1.12. The summed E-state index contributed by atoms with van der Waals surface area (Å²) in [7, 11) is 0. The maximum atomic E-state index is 10.7. The van der Waals surface area contributed by atoms with Crippen LogP contribution in [0.2, 0.25) is 0 Å². The van der Waals surface area contributed by atoms with Gasteiger partial charge in [-0.05, 0) is 19.1 Å². The van der Waals surface area contributed by atoms with Gasteiger partial charge in [0.25, 0.3) is 0 Å². The van der Waals surface area contributed by atoms with Crippen LogP contribution in [0.5, 0.6) is 0 Å². The second kappa shape index (κ2) is 4.45. The molecule has 1 atom stereocenters. The van der Waals surface area contributed by atoms with Crippen LogP contribution >= 0.6 is 0 Å². The highest BCUT2D eigenvalue weighted by atomic mass is 16.4. The van der Waals surface area contributed by atoms with Crippen molar-refractivity contribution in [1.29, 1.82) is 0 Å². The molecule has 0 aliphatic carbocycles. The van der Waals surface area contributed by atoms with E-state index in [1.165, 1.54) is 13.0 Å². The van der Waals surface area contributed by atoms with Crippen molar-refractivity contribution in [2.75, 3.05) is 0 Å². The van der Waals surface area contributed by atoms with E-state index in [2.05, 4.69) is 11.8 Å². The van der Waals surface area contributed by atoms with Crippen LogP contribution in [-0.2, 0) is 0 Å². The maximum Gasteiger partial charge on any atom is 0.336 e. The van der Waals surface area contributed by atoms with Gasteiger partial charge in [0.2, 0.25) is 0 Å². The number of aliphatic hydroxyl groups is 1. The van der Waals surface area contributed by atoms with Crippen LogP contribution in [0.25, 0.3) is 0 Å². The van der Waals surface area contributed by atoms with Crippen LogP contribution in [0, 0.1) is 11.8 Å². The number of benzene rings is 1. The molecule has 0 unspecified atom stereocenters. The molecule has 72 valence electrons. The number of aromatic carboxylic acids is 1. The van der Waals surface area contributed by atoms with E-state index in [4.69, 9.17) is 10.2 Å². The Morgan fingerprint density at radius 2 is 2.07 bits per heavy atom. The van der Waals surface area contributed by atoms with Crippen molar-refractivity contribution in [3.05, 3.63) is 35.4 Å². The minimum absolute atomic E-state index is 0.153. The van der Waals surface area contributed by atoms with Crippen molar-refractivity contribution in [2.24, 2.45) is 0 Å². The van der Waals surface area contributed by atoms with Gasteiger partial charge in [-0.2, -0.15) is 0 Å². The molecule has 3 nitrogen and oxygen atoms in total. The molecular weight excluding hydrogens is 180 g/mol. The number of aliphatic hydroxyl groups excluding tert-OH is 1. The molecule has 1 rings (SSSR count). The van der Waals surface area contributed by atoms with E-state index >= 15 is 0 Å². The average Bonchev–Trinajstić information content (AvgIpc) is 2.15. The smallest absolute Gasteiger partial charge is 0.336 e. The van der Waals surface area contributed by atoms with Gasteiger partial charge in [-0.15, -0.1) is 0 Å². The van der Waals surface area contributed by atoms with Gasteiger partial charge in [0, 0.05) is 5.56 Å². The third-order valence-corrected chi connectivity index (χ3v) is 1.57. The first-order valence-electron chi connectivity index (χ1n) is 4.13. The molecule has 0 aromatic heterocycles. The van der Waals surface area contributed by atoms with Crippen LogP contribution in [-0.4, -0.2) is 22.3 Å². The Bertz CT molecular complexity index is 396. The minimum atomic E-state index is -1.01. The lowest BCUT2D eigenvalue weighted by atomic mass is 10.1. The number of hydrogen-bond acceptors (Lipinski definition) is 2. The first kappa shape index (κ1) is 10.3. The molecular formula is C11H10O3. The lowest BCUT2D eigenvalue weighted by Gasteiger charge is -1.97. The number of rotatable bonds is 1. The average molecular weight is 190 g/mol. The summed E-state index contributed by atoms with van der Waals surface area (Å²) < 4.78 is 0. The summed E-state index contributed by atoms with van der Waals surface area (Å²) in [6.45, 7) is 1.52. The summed E-state index contributed by atoms with van der Waals surface area (Å²) >= 11 is 0. The second-order valence-corrected chi connectivity index (χ2v) is 2.80. The van der Waals surface area contributed by atoms with Crippen molar-refractivity contribution in [2.45, 2.75) is 13.0 Å². The molecule has 0 fully saturated rings. The molecule has 0 bridgehead atoms. The summed E-state index contributed by atoms with van der Waals surface area (Å²) in [6, 6.07) is 6.43. The zero-order valence-corrected chi connectivity index (χ0v) is 7.69. The summed E-state index contributed by atoms with van der Waals surface area (Å²) in [5.41, 5.74) is 0.571. The van der Waals surface area contributed by atoms with Crippen LogP contribution in [0.1, 0.15) is 22.8 Å². The fourth-order valence-electron chi connectivity index (χ4n) is 0.961. The van der Waals surface area contributed by atoms with E-state index in [0.29, 0.717) is 5.56 Å². The Hall–Kier alpha value is -1.79. The van der Waals surface area contributed by atoms with E-state index in [1.807, 2.05) is 0 Å². The van der Waals surface area contributed by atoms with Gasteiger partial charge in [0.05, 0.1) is 5.56 Å².